The second kappa shape index (κ2) is 9.84. The van der Waals surface area contributed by atoms with Crippen LogP contribution in [-0.2, 0) is 27.2 Å². The summed E-state index contributed by atoms with van der Waals surface area (Å²) in [5.41, 5.74) is 1.36. The molecule has 0 atom stereocenters. The molecule has 0 aliphatic carbocycles. The normalized spacial score (nSPS) is 10.7. The van der Waals surface area contributed by atoms with E-state index in [-0.39, 0.29) is 30.9 Å². The minimum Gasteiger partial charge on any atom is -0.456 e. The van der Waals surface area contributed by atoms with Crippen LogP contribution >= 0.6 is 11.6 Å². The van der Waals surface area contributed by atoms with Gasteiger partial charge in [0.2, 0.25) is 0 Å². The summed E-state index contributed by atoms with van der Waals surface area (Å²) in [6.45, 7) is 0.0847. The summed E-state index contributed by atoms with van der Waals surface area (Å²) in [7, 11) is 0. The van der Waals surface area contributed by atoms with Crippen molar-refractivity contribution in [3.63, 3.8) is 0 Å². The van der Waals surface area contributed by atoms with Gasteiger partial charge >= 0.3 is 5.97 Å². The van der Waals surface area contributed by atoms with Crippen molar-refractivity contribution in [1.29, 1.82) is 0 Å². The first-order valence-electron chi connectivity index (χ1n) is 9.16. The quantitative estimate of drug-likeness (QED) is 0.552. The Balaban J connectivity index is 1.39. The first-order chi connectivity index (χ1) is 14.0. The van der Waals surface area contributed by atoms with Gasteiger partial charge in [0.15, 0.2) is 6.61 Å². The molecule has 150 valence electrons. The van der Waals surface area contributed by atoms with Gasteiger partial charge in [-0.3, -0.25) is 14.4 Å². The molecule has 8 heteroatoms. The number of aromatic amines is 1. The van der Waals surface area contributed by atoms with Gasteiger partial charge in [-0.15, -0.1) is 0 Å². The largest absolute Gasteiger partial charge is 0.456 e. The van der Waals surface area contributed by atoms with Gasteiger partial charge in [0.25, 0.3) is 11.5 Å². The van der Waals surface area contributed by atoms with Gasteiger partial charge in [-0.05, 0) is 36.2 Å². The van der Waals surface area contributed by atoms with Gasteiger partial charge in [-0.2, -0.15) is 0 Å². The van der Waals surface area contributed by atoms with E-state index < -0.39 is 5.97 Å². The molecule has 0 fully saturated rings. The first kappa shape index (κ1) is 20.5. The van der Waals surface area contributed by atoms with Gasteiger partial charge in [0.05, 0.1) is 17.3 Å². The van der Waals surface area contributed by atoms with Gasteiger partial charge in [-0.1, -0.05) is 35.9 Å². The third-order valence-electron chi connectivity index (χ3n) is 4.24. The summed E-state index contributed by atoms with van der Waals surface area (Å²) in [6, 6.07) is 14.3. The van der Waals surface area contributed by atoms with E-state index in [1.165, 1.54) is 0 Å². The smallest absolute Gasteiger partial charge is 0.306 e. The molecule has 29 heavy (non-hydrogen) atoms. The molecule has 0 aliphatic rings. The van der Waals surface area contributed by atoms with Crippen LogP contribution in [0.25, 0.3) is 10.9 Å². The molecular weight excluding hydrogens is 394 g/mol. The van der Waals surface area contributed by atoms with Crippen molar-refractivity contribution < 1.29 is 14.3 Å². The highest BCUT2D eigenvalue weighted by atomic mass is 35.5. The lowest BCUT2D eigenvalue weighted by Crippen LogP contribution is -2.30. The molecule has 0 bridgehead atoms. The fraction of sp³-hybridized carbons (Fsp3) is 0.238. The Morgan fingerprint density at radius 1 is 1.07 bits per heavy atom. The fourth-order valence-electron chi connectivity index (χ4n) is 2.74. The zero-order valence-electron chi connectivity index (χ0n) is 15.6. The monoisotopic (exact) mass is 413 g/mol. The molecule has 0 radical (unpaired) electrons. The first-order valence-corrected chi connectivity index (χ1v) is 9.54. The van der Waals surface area contributed by atoms with E-state index in [4.69, 9.17) is 16.3 Å². The van der Waals surface area contributed by atoms with E-state index in [9.17, 15) is 14.4 Å². The summed E-state index contributed by atoms with van der Waals surface area (Å²) in [5, 5.41) is 3.85. The minimum absolute atomic E-state index is 0.0132. The van der Waals surface area contributed by atoms with E-state index in [0.29, 0.717) is 34.7 Å². The van der Waals surface area contributed by atoms with Gasteiger partial charge in [0.1, 0.15) is 5.82 Å². The lowest BCUT2D eigenvalue weighted by molar-refractivity contribution is -0.148. The second-order valence-corrected chi connectivity index (χ2v) is 6.85. The maximum atomic E-state index is 12.0. The maximum Gasteiger partial charge on any atom is 0.306 e. The number of aryl methyl sites for hydroxylation is 1. The van der Waals surface area contributed by atoms with Crippen LogP contribution < -0.4 is 10.9 Å². The lowest BCUT2D eigenvalue weighted by atomic mass is 10.1. The number of ether oxygens (including phenoxy) is 1. The summed E-state index contributed by atoms with van der Waals surface area (Å²) >= 11 is 5.83. The van der Waals surface area contributed by atoms with Crippen LogP contribution in [0.5, 0.6) is 0 Å². The number of benzene rings is 2. The predicted octanol–water partition coefficient (Wildman–Crippen LogP) is 2.41. The Hall–Kier alpha value is -3.19. The van der Waals surface area contributed by atoms with E-state index in [1.54, 1.807) is 36.4 Å². The molecular formula is C21H20ClN3O4. The SMILES string of the molecule is O=C(COC(=O)CCc1nc2ccccc2c(=O)[nH]1)NCCc1ccc(Cl)cc1. The number of nitrogens with one attached hydrogen (secondary N) is 2. The highest BCUT2D eigenvalue weighted by molar-refractivity contribution is 6.30. The Morgan fingerprint density at radius 3 is 2.62 bits per heavy atom. The number of hydrogen-bond acceptors (Lipinski definition) is 5. The van der Waals surface area contributed by atoms with Crippen LogP contribution in [-0.4, -0.2) is 35.0 Å². The summed E-state index contributed by atoms with van der Waals surface area (Å²) < 4.78 is 4.97. The molecule has 1 amide bonds. The standard InChI is InChI=1S/C21H20ClN3O4/c22-15-7-5-14(6-8-15)11-12-23-19(26)13-29-20(27)10-9-18-24-17-4-2-1-3-16(17)21(28)25-18/h1-8H,9-13H2,(H,23,26)(H,24,25,28). The van der Waals surface area contributed by atoms with Crippen molar-refractivity contribution >= 4 is 34.4 Å². The zero-order valence-corrected chi connectivity index (χ0v) is 16.4. The number of carbonyl (C=O) groups is 2. The van der Waals surface area contributed by atoms with Gasteiger partial charge < -0.3 is 15.0 Å². The van der Waals surface area contributed by atoms with Crippen LogP contribution in [0.2, 0.25) is 5.02 Å². The minimum atomic E-state index is -0.534. The molecule has 7 nitrogen and oxygen atoms in total. The number of rotatable bonds is 8. The molecule has 1 aromatic heterocycles. The van der Waals surface area contributed by atoms with Crippen molar-refractivity contribution in [2.75, 3.05) is 13.2 Å². The molecule has 2 N–H and O–H groups in total. The van der Waals surface area contributed by atoms with Crippen molar-refractivity contribution in [1.82, 2.24) is 15.3 Å². The molecule has 0 aliphatic heterocycles. The van der Waals surface area contributed by atoms with E-state index in [2.05, 4.69) is 15.3 Å². The number of nitrogens with zero attached hydrogens (tertiary/aromatic N) is 1. The highest BCUT2D eigenvalue weighted by Crippen LogP contribution is 2.09. The number of fused-ring (bicyclic) bond motifs is 1. The number of para-hydroxylation sites is 1. The topological polar surface area (TPSA) is 101 Å². The Labute approximate surface area is 172 Å². The average Bonchev–Trinajstić information content (AvgIpc) is 2.72. The van der Waals surface area contributed by atoms with Crippen molar-refractivity contribution in [3.05, 3.63) is 75.3 Å². The van der Waals surface area contributed by atoms with Crippen molar-refractivity contribution in [2.45, 2.75) is 19.3 Å². The Morgan fingerprint density at radius 2 is 1.83 bits per heavy atom. The number of carbonyl (C=O) groups excluding carboxylic acids is 2. The number of esters is 1. The number of H-pyrrole nitrogens is 1. The van der Waals surface area contributed by atoms with E-state index in [0.717, 1.165) is 5.56 Å². The van der Waals surface area contributed by atoms with Crippen LogP contribution in [0.1, 0.15) is 17.8 Å². The number of hydrogen-bond donors (Lipinski definition) is 2. The molecule has 3 rings (SSSR count). The average molecular weight is 414 g/mol. The van der Waals surface area contributed by atoms with Crippen LogP contribution in [0.3, 0.4) is 0 Å². The third kappa shape index (κ3) is 6.15. The highest BCUT2D eigenvalue weighted by Gasteiger charge is 2.10. The van der Waals surface area contributed by atoms with Crippen LogP contribution in [0.4, 0.5) is 0 Å². The van der Waals surface area contributed by atoms with Gasteiger partial charge in [0, 0.05) is 18.0 Å². The molecule has 0 spiro atoms. The van der Waals surface area contributed by atoms with Gasteiger partial charge in [-0.25, -0.2) is 4.98 Å². The molecule has 1 heterocycles. The summed E-state index contributed by atoms with van der Waals surface area (Å²) in [6.07, 6.45) is 0.883. The molecule has 0 unspecified atom stereocenters. The number of amides is 1. The second-order valence-electron chi connectivity index (χ2n) is 6.42. The fourth-order valence-corrected chi connectivity index (χ4v) is 2.87. The molecule has 0 saturated heterocycles. The molecule has 2 aromatic carbocycles. The predicted molar refractivity (Wildman–Crippen MR) is 110 cm³/mol. The maximum absolute atomic E-state index is 12.0. The van der Waals surface area contributed by atoms with E-state index >= 15 is 0 Å². The molecule has 3 aromatic rings. The number of aromatic nitrogens is 2. The van der Waals surface area contributed by atoms with Crippen molar-refractivity contribution in [3.8, 4) is 0 Å². The van der Waals surface area contributed by atoms with Crippen molar-refractivity contribution in [2.24, 2.45) is 0 Å². The zero-order chi connectivity index (χ0) is 20.6. The third-order valence-corrected chi connectivity index (χ3v) is 4.49. The Kier molecular flexibility index (Phi) is 6.97. The van der Waals surface area contributed by atoms with E-state index in [1.807, 2.05) is 12.1 Å². The summed E-state index contributed by atoms with van der Waals surface area (Å²) in [4.78, 5) is 42.6. The molecule has 0 saturated carbocycles. The number of halogens is 1. The van der Waals surface area contributed by atoms with Crippen LogP contribution in [0.15, 0.2) is 53.3 Å². The van der Waals surface area contributed by atoms with Crippen LogP contribution in [0, 0.1) is 0 Å². The Bertz CT molecular complexity index is 1060. The lowest BCUT2D eigenvalue weighted by Gasteiger charge is -2.07. The summed E-state index contributed by atoms with van der Waals surface area (Å²) in [5.74, 6) is -0.503.